The molecule has 3 rings (SSSR count). The third kappa shape index (κ3) is 6.38. The molecule has 15 heteroatoms. The quantitative estimate of drug-likeness (QED) is 0.345. The predicted octanol–water partition coefficient (Wildman–Crippen LogP) is -0.711. The van der Waals surface area contributed by atoms with E-state index in [1.807, 2.05) is 4.98 Å². The summed E-state index contributed by atoms with van der Waals surface area (Å²) in [4.78, 5) is 38.5. The van der Waals surface area contributed by atoms with Gasteiger partial charge in [0.2, 0.25) is 0 Å². The molecule has 1 aromatic carbocycles. The summed E-state index contributed by atoms with van der Waals surface area (Å²) < 4.78 is 69.5. The van der Waals surface area contributed by atoms with Crippen molar-refractivity contribution in [1.29, 1.82) is 0 Å². The number of aromatic nitrogens is 2. The third-order valence-corrected chi connectivity index (χ3v) is 5.81. The van der Waals surface area contributed by atoms with Crippen molar-refractivity contribution in [3.8, 4) is 0 Å². The van der Waals surface area contributed by atoms with Crippen LogP contribution < -0.4 is 11.2 Å². The Morgan fingerprint density at radius 3 is 2.21 bits per heavy atom. The summed E-state index contributed by atoms with van der Waals surface area (Å²) in [5.74, 6) is -0.761. The third-order valence-electron chi connectivity index (χ3n) is 4.67. The van der Waals surface area contributed by atoms with Gasteiger partial charge in [0.15, 0.2) is 12.3 Å². The first-order valence-corrected chi connectivity index (χ1v) is 13.3. The summed E-state index contributed by atoms with van der Waals surface area (Å²) in [5, 5.41) is 0. The lowest BCUT2D eigenvalue weighted by molar-refractivity contribution is -0.0559. The zero-order valence-electron chi connectivity index (χ0n) is 18.2. The molecule has 1 fully saturated rings. The average molecular weight is 519 g/mol. The summed E-state index contributed by atoms with van der Waals surface area (Å²) in [5.41, 5.74) is -1.37. The molecule has 34 heavy (non-hydrogen) atoms. The standard InChI is InChI=1S/C19H22N2O11S2/c1-11-9-21(19(24)20-16(11)22)17-15(32-34(3,27)28)14(31-33(2,25)26)13(30-17)10-29-18(23)12-7-5-4-6-8-12/h4-9,13-15,17H,10H2,1-3H3,(H,20,22,24)/t13-,14+,15-,17-/m1/s1. The molecule has 0 radical (unpaired) electrons. The van der Waals surface area contributed by atoms with Crippen molar-refractivity contribution >= 4 is 26.2 Å². The van der Waals surface area contributed by atoms with Crippen molar-refractivity contribution in [3.05, 3.63) is 68.5 Å². The van der Waals surface area contributed by atoms with Crippen LogP contribution in [0.15, 0.2) is 46.1 Å². The first-order chi connectivity index (χ1) is 15.7. The maximum atomic E-state index is 12.4. The lowest BCUT2D eigenvalue weighted by Crippen LogP contribution is -2.43. The van der Waals surface area contributed by atoms with E-state index in [0.29, 0.717) is 6.26 Å². The minimum atomic E-state index is -4.22. The van der Waals surface area contributed by atoms with Gasteiger partial charge < -0.3 is 9.47 Å². The van der Waals surface area contributed by atoms with Crippen molar-refractivity contribution in [2.75, 3.05) is 19.1 Å². The molecule has 4 atom stereocenters. The lowest BCUT2D eigenvalue weighted by atomic mass is 10.1. The molecule has 1 N–H and O–H groups in total. The van der Waals surface area contributed by atoms with E-state index in [1.54, 1.807) is 18.2 Å². The zero-order valence-corrected chi connectivity index (χ0v) is 19.9. The van der Waals surface area contributed by atoms with Crippen LogP contribution in [0.5, 0.6) is 0 Å². The molecule has 0 amide bonds. The molecule has 1 aliphatic heterocycles. The summed E-state index contributed by atoms with van der Waals surface area (Å²) in [7, 11) is -8.41. The minimum Gasteiger partial charge on any atom is -0.459 e. The van der Waals surface area contributed by atoms with Gasteiger partial charge in [0.05, 0.1) is 18.1 Å². The van der Waals surface area contributed by atoms with Crippen LogP contribution in [0.25, 0.3) is 0 Å². The number of nitrogens with zero attached hydrogens (tertiary/aromatic N) is 1. The van der Waals surface area contributed by atoms with E-state index in [0.717, 1.165) is 17.0 Å². The first-order valence-electron chi connectivity index (χ1n) is 9.71. The maximum Gasteiger partial charge on any atom is 0.338 e. The molecule has 0 spiro atoms. The second kappa shape index (κ2) is 9.79. The molecule has 0 bridgehead atoms. The number of hydrogen-bond donors (Lipinski definition) is 1. The van der Waals surface area contributed by atoms with Gasteiger partial charge in [-0.15, -0.1) is 0 Å². The number of H-pyrrole nitrogens is 1. The molecule has 2 heterocycles. The largest absolute Gasteiger partial charge is 0.459 e. The van der Waals surface area contributed by atoms with E-state index in [4.69, 9.17) is 17.8 Å². The Labute approximate surface area is 194 Å². The summed E-state index contributed by atoms with van der Waals surface area (Å²) in [6.45, 7) is 0.824. The average Bonchev–Trinajstić information content (AvgIpc) is 3.03. The summed E-state index contributed by atoms with van der Waals surface area (Å²) in [6, 6.07) is 7.88. The number of aromatic amines is 1. The fourth-order valence-electron chi connectivity index (χ4n) is 3.28. The second-order valence-electron chi connectivity index (χ2n) is 7.54. The molecular formula is C19H22N2O11S2. The number of ether oxygens (including phenoxy) is 2. The van der Waals surface area contributed by atoms with E-state index in [1.165, 1.54) is 19.1 Å². The van der Waals surface area contributed by atoms with Crippen molar-refractivity contribution in [3.63, 3.8) is 0 Å². The molecule has 13 nitrogen and oxygen atoms in total. The van der Waals surface area contributed by atoms with Crippen LogP contribution in [0.2, 0.25) is 0 Å². The van der Waals surface area contributed by atoms with Crippen molar-refractivity contribution in [2.45, 2.75) is 31.5 Å². The number of aryl methyl sites for hydroxylation is 1. The number of carbonyl (C=O) groups is 1. The predicted molar refractivity (Wildman–Crippen MR) is 116 cm³/mol. The van der Waals surface area contributed by atoms with Crippen LogP contribution in [0.3, 0.4) is 0 Å². The SMILES string of the molecule is Cc1cn([C@@H]2O[C@H](COC(=O)c3ccccc3)[C@H](OS(C)(=O)=O)[C@H]2OS(C)(=O)=O)c(=O)[nH]c1=O. The molecule has 0 unspecified atom stereocenters. The molecule has 2 aromatic rings. The minimum absolute atomic E-state index is 0.0841. The van der Waals surface area contributed by atoms with E-state index in [-0.39, 0.29) is 11.1 Å². The number of rotatable bonds is 8. The van der Waals surface area contributed by atoms with E-state index in [2.05, 4.69) is 0 Å². The lowest BCUT2D eigenvalue weighted by Gasteiger charge is -2.23. The van der Waals surface area contributed by atoms with Gasteiger partial charge in [0.1, 0.15) is 18.8 Å². The highest BCUT2D eigenvalue weighted by Crippen LogP contribution is 2.35. The van der Waals surface area contributed by atoms with Crippen molar-refractivity contribution in [1.82, 2.24) is 9.55 Å². The van der Waals surface area contributed by atoms with E-state index < -0.39 is 68.6 Å². The van der Waals surface area contributed by atoms with Gasteiger partial charge in [0.25, 0.3) is 25.8 Å². The summed E-state index contributed by atoms with van der Waals surface area (Å²) in [6.07, 6.45) is -3.69. The van der Waals surface area contributed by atoms with Crippen LogP contribution in [0.1, 0.15) is 22.1 Å². The second-order valence-corrected chi connectivity index (χ2v) is 10.7. The first kappa shape index (κ1) is 25.8. The molecule has 0 aliphatic carbocycles. The van der Waals surface area contributed by atoms with Gasteiger partial charge in [-0.1, -0.05) is 18.2 Å². The highest BCUT2D eigenvalue weighted by Gasteiger charge is 2.51. The van der Waals surface area contributed by atoms with Crippen LogP contribution in [0.4, 0.5) is 0 Å². The number of hydrogen-bond acceptors (Lipinski definition) is 11. The molecule has 1 aromatic heterocycles. The van der Waals surface area contributed by atoms with Crippen LogP contribution in [-0.4, -0.2) is 69.8 Å². The Bertz CT molecular complexity index is 1380. The smallest absolute Gasteiger partial charge is 0.338 e. The van der Waals surface area contributed by atoms with Gasteiger partial charge >= 0.3 is 11.7 Å². The van der Waals surface area contributed by atoms with Crippen LogP contribution in [0, 0.1) is 6.92 Å². The highest BCUT2D eigenvalue weighted by atomic mass is 32.2. The Kier molecular flexibility index (Phi) is 7.42. The van der Waals surface area contributed by atoms with E-state index in [9.17, 15) is 31.2 Å². The maximum absolute atomic E-state index is 12.4. The number of carbonyl (C=O) groups excluding carboxylic acids is 1. The molecular weight excluding hydrogens is 496 g/mol. The van der Waals surface area contributed by atoms with Gasteiger partial charge in [-0.05, 0) is 19.1 Å². The molecule has 1 saturated heterocycles. The van der Waals surface area contributed by atoms with Crippen LogP contribution in [-0.2, 0) is 38.1 Å². The Morgan fingerprint density at radius 2 is 1.62 bits per heavy atom. The normalized spacial score (nSPS) is 23.0. The van der Waals surface area contributed by atoms with Gasteiger partial charge in [-0.25, -0.2) is 9.59 Å². The molecule has 1 aliphatic rings. The number of esters is 1. The fraction of sp³-hybridized carbons (Fsp3) is 0.421. The molecule has 0 saturated carbocycles. The highest BCUT2D eigenvalue weighted by molar-refractivity contribution is 7.86. The van der Waals surface area contributed by atoms with Gasteiger partial charge in [-0.3, -0.25) is 22.7 Å². The topological polar surface area (TPSA) is 177 Å². The fourth-order valence-corrected chi connectivity index (χ4v) is 4.52. The van der Waals surface area contributed by atoms with Gasteiger partial charge in [0, 0.05) is 11.8 Å². The monoisotopic (exact) mass is 518 g/mol. The van der Waals surface area contributed by atoms with Crippen molar-refractivity contribution < 1.29 is 39.5 Å². The summed E-state index contributed by atoms with van der Waals surface area (Å²) >= 11 is 0. The zero-order chi connectivity index (χ0) is 25.3. The number of nitrogens with one attached hydrogen (secondary N) is 1. The Morgan fingerprint density at radius 1 is 1.03 bits per heavy atom. The Hall–Kier alpha value is -2.85. The van der Waals surface area contributed by atoms with Gasteiger partial charge in [-0.2, -0.15) is 16.8 Å². The van der Waals surface area contributed by atoms with Crippen molar-refractivity contribution in [2.24, 2.45) is 0 Å². The number of benzene rings is 1. The van der Waals surface area contributed by atoms with E-state index >= 15 is 0 Å². The molecule has 186 valence electrons. The van der Waals surface area contributed by atoms with Crippen LogP contribution >= 0.6 is 0 Å². The Balaban J connectivity index is 2.00.